The maximum atomic E-state index is 10.9. The number of nitro benzene ring substituents is 1. The molecule has 0 aliphatic heterocycles. The highest BCUT2D eigenvalue weighted by Gasteiger charge is 2.14. The Hall–Kier alpha value is -1.50. The van der Waals surface area contributed by atoms with Gasteiger partial charge in [0.25, 0.3) is 5.69 Å². The molecule has 8 nitrogen and oxygen atoms in total. The maximum Gasteiger partial charge on any atom is 0.273 e. The summed E-state index contributed by atoms with van der Waals surface area (Å²) in [5.74, 6) is 0.376. The molecule has 0 radical (unpaired) electrons. The van der Waals surface area contributed by atoms with E-state index < -0.39 is 24.6 Å². The summed E-state index contributed by atoms with van der Waals surface area (Å²) < 4.78 is 45.4. The molecule has 0 aromatic heterocycles. The number of unbranched alkanes of at least 4 members (excludes halogenated alkanes) is 2. The van der Waals surface area contributed by atoms with E-state index in [0.29, 0.717) is 35.7 Å². The highest BCUT2D eigenvalue weighted by molar-refractivity contribution is 9.10. The molecule has 0 saturated carbocycles. The quantitative estimate of drug-likeness (QED) is 0.155. The van der Waals surface area contributed by atoms with Crippen molar-refractivity contribution in [3.8, 4) is 0 Å². The van der Waals surface area contributed by atoms with Crippen molar-refractivity contribution >= 4 is 62.9 Å². The zero-order chi connectivity index (χ0) is 25.9. The van der Waals surface area contributed by atoms with Crippen molar-refractivity contribution in [2.24, 2.45) is 0 Å². The average molecular weight is 642 g/mol. The van der Waals surface area contributed by atoms with Gasteiger partial charge in [-0.1, -0.05) is 44.0 Å². The van der Waals surface area contributed by atoms with Crippen LogP contribution in [0.2, 0.25) is 0 Å². The molecule has 0 aliphatic rings. The number of nitrogen functional groups attached to an aromatic ring is 1. The number of nitro groups is 1. The van der Waals surface area contributed by atoms with E-state index in [2.05, 4.69) is 31.9 Å². The lowest BCUT2D eigenvalue weighted by atomic mass is 10.1. The maximum absolute atomic E-state index is 10.9. The first-order valence-corrected chi connectivity index (χ1v) is 16.2. The van der Waals surface area contributed by atoms with Crippen LogP contribution >= 0.6 is 31.9 Å². The minimum absolute atomic E-state index is 0.0729. The lowest BCUT2D eigenvalue weighted by Crippen LogP contribution is -2.03. The Morgan fingerprint density at radius 2 is 1.24 bits per heavy atom. The number of hydrogen-bond acceptors (Lipinski definition) is 7. The molecular weight excluding hydrogens is 612 g/mol. The van der Waals surface area contributed by atoms with E-state index in [0.717, 1.165) is 28.6 Å². The Labute approximate surface area is 218 Å². The van der Waals surface area contributed by atoms with Crippen LogP contribution in [0.5, 0.6) is 0 Å². The fourth-order valence-electron chi connectivity index (χ4n) is 3.07. The van der Waals surface area contributed by atoms with Gasteiger partial charge in [0.1, 0.15) is 19.7 Å². The molecule has 0 aliphatic carbocycles. The smallest absolute Gasteiger partial charge is 0.273 e. The number of nitrogens with two attached hydrogens (primary N) is 1. The van der Waals surface area contributed by atoms with E-state index in [-0.39, 0.29) is 17.2 Å². The summed E-state index contributed by atoms with van der Waals surface area (Å²) in [7, 11) is -5.79. The predicted molar refractivity (Wildman–Crippen MR) is 145 cm³/mol. The number of nitrogens with zero attached hydrogens (tertiary/aromatic N) is 1. The number of anilines is 1. The molecule has 0 atom stereocenters. The van der Waals surface area contributed by atoms with Gasteiger partial charge >= 0.3 is 0 Å². The Morgan fingerprint density at radius 3 is 1.68 bits per heavy atom. The number of aryl methyl sites for hydroxylation is 2. The molecule has 0 saturated heterocycles. The Bertz CT molecular complexity index is 1190. The highest BCUT2D eigenvalue weighted by Crippen LogP contribution is 2.25. The Balaban J connectivity index is 0.000000342. The topological polar surface area (TPSA) is 137 Å². The number of hydrogen-bond donors (Lipinski definition) is 1. The Morgan fingerprint density at radius 1 is 0.794 bits per heavy atom. The second-order valence-corrected chi connectivity index (χ2v) is 14.4. The lowest BCUT2D eigenvalue weighted by Gasteiger charge is -2.05. The normalized spacial score (nSPS) is 11.5. The van der Waals surface area contributed by atoms with Crippen LogP contribution in [-0.2, 0) is 32.5 Å². The summed E-state index contributed by atoms with van der Waals surface area (Å²) in [5.41, 5.74) is 8.39. The molecule has 0 fully saturated rings. The molecule has 2 aromatic carbocycles. The molecule has 190 valence electrons. The van der Waals surface area contributed by atoms with Crippen molar-refractivity contribution in [1.29, 1.82) is 0 Å². The third-order valence-corrected chi connectivity index (χ3v) is 7.82. The first-order valence-electron chi connectivity index (χ1n) is 10.5. The van der Waals surface area contributed by atoms with Gasteiger partial charge in [0, 0.05) is 50.3 Å². The van der Waals surface area contributed by atoms with Crippen molar-refractivity contribution < 1.29 is 21.8 Å². The molecule has 2 N–H and O–H groups in total. The van der Waals surface area contributed by atoms with Gasteiger partial charge < -0.3 is 5.73 Å². The van der Waals surface area contributed by atoms with Gasteiger partial charge in [-0.05, 0) is 62.3 Å². The number of halogens is 2. The molecule has 0 amide bonds. The summed E-state index contributed by atoms with van der Waals surface area (Å²) in [4.78, 5) is 10.4. The van der Waals surface area contributed by atoms with Gasteiger partial charge in [0.15, 0.2) is 0 Å². The number of sulfone groups is 2. The molecule has 34 heavy (non-hydrogen) atoms. The summed E-state index contributed by atoms with van der Waals surface area (Å²) in [6, 6.07) is 10.7. The molecule has 0 spiro atoms. The summed E-state index contributed by atoms with van der Waals surface area (Å²) in [6.45, 7) is 0. The van der Waals surface area contributed by atoms with Crippen molar-refractivity contribution in [3.63, 3.8) is 0 Å². The van der Waals surface area contributed by atoms with Crippen LogP contribution in [0.25, 0.3) is 0 Å². The monoisotopic (exact) mass is 640 g/mol. The van der Waals surface area contributed by atoms with Crippen LogP contribution in [0.15, 0.2) is 45.3 Å². The van der Waals surface area contributed by atoms with Crippen molar-refractivity contribution in [2.45, 2.75) is 38.5 Å². The zero-order valence-corrected chi connectivity index (χ0v) is 24.0. The highest BCUT2D eigenvalue weighted by atomic mass is 79.9. The molecule has 2 aromatic rings. The fourth-order valence-corrected chi connectivity index (χ4v) is 5.26. The van der Waals surface area contributed by atoms with E-state index in [9.17, 15) is 26.9 Å². The molecule has 0 bridgehead atoms. The van der Waals surface area contributed by atoms with E-state index >= 15 is 0 Å². The van der Waals surface area contributed by atoms with Crippen molar-refractivity contribution in [1.82, 2.24) is 0 Å². The van der Waals surface area contributed by atoms with Gasteiger partial charge in [0.05, 0.1) is 4.92 Å². The molecule has 2 rings (SSSR count). The molecule has 0 unspecified atom stereocenters. The molecular formula is C22H30Br2N2O6S2. The second kappa shape index (κ2) is 14.2. The van der Waals surface area contributed by atoms with Crippen LogP contribution < -0.4 is 5.73 Å². The summed E-state index contributed by atoms with van der Waals surface area (Å²) in [5, 5.41) is 10.9. The standard InChI is InChI=1S/C11H14BrNO4S.C11H16BrNO2S/c1-18(16,17)7-3-2-4-9-5-6-10(12)8-11(9)13(14)15;1-16(14,15)7-3-2-4-9-5-6-10(12)8-11(9)13/h5-6,8H,2-4,7H2,1H3;5-6,8H,2-4,7,13H2,1H3. The predicted octanol–water partition coefficient (Wildman–Crippen LogP) is 5.12. The number of rotatable bonds is 11. The van der Waals surface area contributed by atoms with Gasteiger partial charge in [-0.25, -0.2) is 16.8 Å². The Kier molecular flexibility index (Phi) is 12.7. The van der Waals surface area contributed by atoms with Gasteiger partial charge in [0.2, 0.25) is 0 Å². The third kappa shape index (κ3) is 13.4. The van der Waals surface area contributed by atoms with Crippen LogP contribution in [-0.4, -0.2) is 45.8 Å². The summed E-state index contributed by atoms with van der Waals surface area (Å²) >= 11 is 6.53. The van der Waals surface area contributed by atoms with Crippen molar-refractivity contribution in [2.75, 3.05) is 29.8 Å². The van der Waals surface area contributed by atoms with E-state index in [1.807, 2.05) is 18.2 Å². The summed E-state index contributed by atoms with van der Waals surface area (Å²) in [6.07, 6.45) is 6.47. The first kappa shape index (κ1) is 30.5. The molecule has 12 heteroatoms. The average Bonchev–Trinajstić information content (AvgIpc) is 2.69. The van der Waals surface area contributed by atoms with Gasteiger partial charge in [-0.2, -0.15) is 0 Å². The van der Waals surface area contributed by atoms with Crippen LogP contribution in [0.4, 0.5) is 11.4 Å². The minimum atomic E-state index is -2.95. The van der Waals surface area contributed by atoms with Gasteiger partial charge in [-0.15, -0.1) is 0 Å². The van der Waals surface area contributed by atoms with Crippen LogP contribution in [0.1, 0.15) is 36.8 Å². The fraction of sp³-hybridized carbons (Fsp3) is 0.455. The second-order valence-electron chi connectivity index (χ2n) is 8.05. The lowest BCUT2D eigenvalue weighted by molar-refractivity contribution is -0.385. The number of benzene rings is 2. The van der Waals surface area contributed by atoms with Gasteiger partial charge in [-0.3, -0.25) is 10.1 Å². The third-order valence-electron chi connectivity index (χ3n) is 4.77. The van der Waals surface area contributed by atoms with Crippen molar-refractivity contribution in [3.05, 3.63) is 66.6 Å². The van der Waals surface area contributed by atoms with Crippen LogP contribution in [0.3, 0.4) is 0 Å². The largest absolute Gasteiger partial charge is 0.398 e. The van der Waals surface area contributed by atoms with E-state index in [1.165, 1.54) is 18.6 Å². The SMILES string of the molecule is CS(=O)(=O)CCCCc1ccc(Br)cc1N.CS(=O)(=O)CCCCc1ccc(Br)cc1[N+](=O)[O-]. The minimum Gasteiger partial charge on any atom is -0.398 e. The van der Waals surface area contributed by atoms with Crippen LogP contribution in [0, 0.1) is 10.1 Å². The van der Waals surface area contributed by atoms with E-state index in [1.54, 1.807) is 12.1 Å². The first-order chi connectivity index (χ1) is 15.7. The van der Waals surface area contributed by atoms with E-state index in [4.69, 9.17) is 5.73 Å². The molecule has 0 heterocycles. The zero-order valence-electron chi connectivity index (χ0n) is 19.2.